The van der Waals surface area contributed by atoms with Crippen LogP contribution in [0.3, 0.4) is 0 Å². The Morgan fingerprint density at radius 2 is 2.11 bits per heavy atom. The van der Waals surface area contributed by atoms with E-state index in [0.717, 1.165) is 43.2 Å². The average Bonchev–Trinajstić information content (AvgIpc) is 3.00. The number of hydrogen-bond acceptors (Lipinski definition) is 6. The van der Waals surface area contributed by atoms with Crippen LogP contribution < -0.4 is 15.8 Å². The van der Waals surface area contributed by atoms with Crippen molar-refractivity contribution in [2.45, 2.75) is 19.4 Å². The van der Waals surface area contributed by atoms with Crippen molar-refractivity contribution < 1.29 is 9.53 Å². The molecule has 4 rings (SSSR count). The minimum Gasteiger partial charge on any atom is -0.380 e. The van der Waals surface area contributed by atoms with Crippen LogP contribution in [-0.2, 0) is 24.8 Å². The van der Waals surface area contributed by atoms with Gasteiger partial charge in [0, 0.05) is 52.5 Å². The summed E-state index contributed by atoms with van der Waals surface area (Å²) in [5.41, 5.74) is 1.97. The van der Waals surface area contributed by atoms with Crippen LogP contribution >= 0.6 is 0 Å². The lowest BCUT2D eigenvalue weighted by atomic mass is 10.1. The number of amides is 2. The smallest absolute Gasteiger partial charge is 0.322 e. The van der Waals surface area contributed by atoms with Crippen molar-refractivity contribution in [3.8, 4) is 0 Å². The highest BCUT2D eigenvalue weighted by Crippen LogP contribution is 2.22. The van der Waals surface area contributed by atoms with E-state index >= 15 is 0 Å². The van der Waals surface area contributed by atoms with Crippen molar-refractivity contribution in [3.63, 3.8) is 0 Å². The first kappa shape index (κ1) is 18.4. The molecule has 9 nitrogen and oxygen atoms in total. The number of aryl methyl sites for hydroxylation is 1. The monoisotopic (exact) mass is 384 g/mol. The molecule has 28 heavy (non-hydrogen) atoms. The van der Waals surface area contributed by atoms with Crippen LogP contribution in [0.5, 0.6) is 0 Å². The summed E-state index contributed by atoms with van der Waals surface area (Å²) in [6.45, 7) is 4.10. The summed E-state index contributed by atoms with van der Waals surface area (Å²) in [4.78, 5) is 28.7. The second-order valence-electron chi connectivity index (χ2n) is 7.07. The Kier molecular flexibility index (Phi) is 5.25. The minimum absolute atomic E-state index is 0.232. The molecule has 2 aromatic heterocycles. The third kappa shape index (κ3) is 3.84. The summed E-state index contributed by atoms with van der Waals surface area (Å²) in [5.74, 6) is 0.823. The molecule has 0 unspecified atom stereocenters. The van der Waals surface area contributed by atoms with E-state index in [2.05, 4.69) is 20.4 Å². The number of carbonyl (C=O) groups is 1. The molecular formula is C19H24N6O3. The molecule has 0 aliphatic carbocycles. The van der Waals surface area contributed by atoms with E-state index in [4.69, 9.17) is 4.74 Å². The predicted octanol–water partition coefficient (Wildman–Crippen LogP) is 0.992. The molecule has 1 fully saturated rings. The van der Waals surface area contributed by atoms with E-state index in [0.29, 0.717) is 26.1 Å². The zero-order valence-corrected chi connectivity index (χ0v) is 15.9. The van der Waals surface area contributed by atoms with Gasteiger partial charge in [0.05, 0.1) is 12.3 Å². The molecule has 2 aromatic rings. The summed E-state index contributed by atoms with van der Waals surface area (Å²) < 4.78 is 6.94. The van der Waals surface area contributed by atoms with Crippen molar-refractivity contribution in [3.05, 3.63) is 46.0 Å². The van der Waals surface area contributed by atoms with Crippen LogP contribution in [-0.4, -0.2) is 58.5 Å². The van der Waals surface area contributed by atoms with E-state index < -0.39 is 0 Å². The van der Waals surface area contributed by atoms with Gasteiger partial charge in [0.2, 0.25) is 0 Å². The van der Waals surface area contributed by atoms with Crippen molar-refractivity contribution >= 4 is 17.5 Å². The standard InChI is InChI=1S/C19H24N6O3/c1-23-6-2-4-16(18(23)26)20-19(27)25-8-5-15-14(13-25)12-17(22-21-15)24-7-3-10-28-11-9-24/h2,4,6,12H,3,5,7-11,13H2,1H3,(H,20,27). The molecular weight excluding hydrogens is 360 g/mol. The normalized spacial score (nSPS) is 17.0. The van der Waals surface area contributed by atoms with E-state index in [1.165, 1.54) is 4.57 Å². The molecule has 0 saturated carbocycles. The van der Waals surface area contributed by atoms with Gasteiger partial charge in [-0.15, -0.1) is 5.10 Å². The molecule has 0 spiro atoms. The van der Waals surface area contributed by atoms with E-state index in [1.54, 1.807) is 30.3 Å². The summed E-state index contributed by atoms with van der Waals surface area (Å²) in [6.07, 6.45) is 3.26. The lowest BCUT2D eigenvalue weighted by Gasteiger charge is -2.29. The first-order valence-electron chi connectivity index (χ1n) is 9.51. The van der Waals surface area contributed by atoms with Gasteiger partial charge in [0.1, 0.15) is 5.69 Å². The van der Waals surface area contributed by atoms with Crippen molar-refractivity contribution in [1.29, 1.82) is 0 Å². The number of ether oxygens (including phenoxy) is 1. The fourth-order valence-electron chi connectivity index (χ4n) is 3.51. The van der Waals surface area contributed by atoms with Gasteiger partial charge in [0.25, 0.3) is 5.56 Å². The molecule has 2 amide bonds. The number of urea groups is 1. The van der Waals surface area contributed by atoms with Gasteiger partial charge in [-0.1, -0.05) is 0 Å². The van der Waals surface area contributed by atoms with Crippen LogP contribution in [0.25, 0.3) is 0 Å². The molecule has 0 bridgehead atoms. The first-order chi connectivity index (χ1) is 13.6. The topological polar surface area (TPSA) is 92.6 Å². The Labute approximate surface area is 162 Å². The van der Waals surface area contributed by atoms with Crippen molar-refractivity contribution in [1.82, 2.24) is 19.7 Å². The molecule has 1 N–H and O–H groups in total. The number of anilines is 2. The molecule has 0 radical (unpaired) electrons. The second-order valence-corrected chi connectivity index (χ2v) is 7.07. The summed E-state index contributed by atoms with van der Waals surface area (Å²) in [5, 5.41) is 11.5. The van der Waals surface area contributed by atoms with Gasteiger partial charge in [-0.25, -0.2) is 4.79 Å². The lowest BCUT2D eigenvalue weighted by Crippen LogP contribution is -2.40. The van der Waals surface area contributed by atoms with Crippen molar-refractivity contribution in [2.24, 2.45) is 7.05 Å². The summed E-state index contributed by atoms with van der Waals surface area (Å²) >= 11 is 0. The zero-order chi connectivity index (χ0) is 19.5. The molecule has 148 valence electrons. The first-order valence-corrected chi connectivity index (χ1v) is 9.51. The van der Waals surface area contributed by atoms with E-state index in [-0.39, 0.29) is 17.3 Å². The summed E-state index contributed by atoms with van der Waals surface area (Å²) in [7, 11) is 1.66. The number of aromatic nitrogens is 3. The zero-order valence-electron chi connectivity index (χ0n) is 15.9. The highest BCUT2D eigenvalue weighted by Gasteiger charge is 2.24. The molecule has 1 saturated heterocycles. The van der Waals surface area contributed by atoms with Gasteiger partial charge >= 0.3 is 6.03 Å². The Hall–Kier alpha value is -2.94. The molecule has 2 aliphatic rings. The van der Waals surface area contributed by atoms with E-state index in [9.17, 15) is 9.59 Å². The fraction of sp³-hybridized carbons (Fsp3) is 0.474. The number of pyridine rings is 1. The maximum Gasteiger partial charge on any atom is 0.322 e. The molecule has 0 atom stereocenters. The van der Waals surface area contributed by atoms with Gasteiger partial charge in [-0.05, 0) is 30.2 Å². The minimum atomic E-state index is -0.282. The predicted molar refractivity (Wildman–Crippen MR) is 104 cm³/mol. The number of carbonyl (C=O) groups excluding carboxylic acids is 1. The molecule has 4 heterocycles. The maximum absolute atomic E-state index is 12.7. The van der Waals surface area contributed by atoms with Crippen LogP contribution in [0.1, 0.15) is 17.7 Å². The molecule has 2 aliphatic heterocycles. The van der Waals surface area contributed by atoms with Crippen LogP contribution in [0.15, 0.2) is 29.2 Å². The summed E-state index contributed by atoms with van der Waals surface area (Å²) in [6, 6.07) is 5.09. The molecule has 9 heteroatoms. The average molecular weight is 384 g/mol. The van der Waals surface area contributed by atoms with Crippen LogP contribution in [0.4, 0.5) is 16.3 Å². The fourth-order valence-corrected chi connectivity index (χ4v) is 3.51. The van der Waals surface area contributed by atoms with Gasteiger partial charge in [0.15, 0.2) is 5.82 Å². The highest BCUT2D eigenvalue weighted by atomic mass is 16.5. The Morgan fingerprint density at radius 1 is 1.21 bits per heavy atom. The van der Waals surface area contributed by atoms with Crippen LogP contribution in [0.2, 0.25) is 0 Å². The third-order valence-corrected chi connectivity index (χ3v) is 5.13. The lowest BCUT2D eigenvalue weighted by molar-refractivity contribution is 0.152. The number of nitrogens with one attached hydrogen (secondary N) is 1. The Balaban J connectivity index is 1.48. The SMILES string of the molecule is Cn1cccc(NC(=O)N2CCc3nnc(N4CCCOCC4)cc3C2)c1=O. The third-order valence-electron chi connectivity index (χ3n) is 5.13. The number of fused-ring (bicyclic) bond motifs is 1. The van der Waals surface area contributed by atoms with Gasteiger partial charge in [-0.3, -0.25) is 4.79 Å². The highest BCUT2D eigenvalue weighted by molar-refractivity contribution is 5.89. The number of hydrogen-bond donors (Lipinski definition) is 1. The number of nitrogens with zero attached hydrogens (tertiary/aromatic N) is 5. The largest absolute Gasteiger partial charge is 0.380 e. The maximum atomic E-state index is 12.7. The number of rotatable bonds is 2. The van der Waals surface area contributed by atoms with E-state index in [1.807, 2.05) is 6.07 Å². The molecule has 0 aromatic carbocycles. The van der Waals surface area contributed by atoms with Gasteiger partial charge in [-0.2, -0.15) is 5.10 Å². The second kappa shape index (κ2) is 7.97. The Bertz CT molecular complexity index is 920. The quantitative estimate of drug-likeness (QED) is 0.830. The van der Waals surface area contributed by atoms with Crippen LogP contribution in [0, 0.1) is 0 Å². The van der Waals surface area contributed by atoms with Crippen molar-refractivity contribution in [2.75, 3.05) is 43.1 Å². The Morgan fingerprint density at radius 3 is 3.00 bits per heavy atom. The van der Waals surface area contributed by atoms with Gasteiger partial charge < -0.3 is 24.4 Å².